The Balaban J connectivity index is 1.73. The van der Waals surface area contributed by atoms with Crippen LogP contribution in [0.25, 0.3) is 10.9 Å². The molecule has 9 heteroatoms. The van der Waals surface area contributed by atoms with Gasteiger partial charge in [0.15, 0.2) is 11.5 Å². The van der Waals surface area contributed by atoms with Gasteiger partial charge in [-0.3, -0.25) is 4.79 Å². The molecule has 1 aliphatic heterocycles. The first-order chi connectivity index (χ1) is 16.4. The minimum atomic E-state index is -1.19. The van der Waals surface area contributed by atoms with Crippen molar-refractivity contribution in [3.8, 4) is 11.5 Å². The number of hydrogen-bond acceptors (Lipinski definition) is 7. The summed E-state index contributed by atoms with van der Waals surface area (Å²) in [6.45, 7) is 0. The van der Waals surface area contributed by atoms with Gasteiger partial charge in [0.05, 0.1) is 31.5 Å². The molecule has 34 heavy (non-hydrogen) atoms. The summed E-state index contributed by atoms with van der Waals surface area (Å²) in [4.78, 5) is 28.4. The van der Waals surface area contributed by atoms with E-state index in [4.69, 9.17) is 21.1 Å². The first-order valence-corrected chi connectivity index (χ1v) is 11.2. The fourth-order valence-corrected chi connectivity index (χ4v) is 4.29. The molecule has 3 aromatic rings. The van der Waals surface area contributed by atoms with Crippen molar-refractivity contribution in [2.45, 2.75) is 31.7 Å². The highest BCUT2D eigenvalue weighted by atomic mass is 35.5. The zero-order chi connectivity index (χ0) is 24.2. The van der Waals surface area contributed by atoms with Gasteiger partial charge < -0.3 is 19.4 Å². The van der Waals surface area contributed by atoms with Crippen molar-refractivity contribution in [1.29, 1.82) is 0 Å². The van der Waals surface area contributed by atoms with Gasteiger partial charge in [-0.15, -0.1) is 0 Å². The minimum Gasteiger partial charge on any atom is -0.550 e. The van der Waals surface area contributed by atoms with Crippen molar-refractivity contribution in [1.82, 2.24) is 9.99 Å². The van der Waals surface area contributed by atoms with Crippen LogP contribution < -0.4 is 14.6 Å². The highest BCUT2D eigenvalue weighted by molar-refractivity contribution is 6.30. The summed E-state index contributed by atoms with van der Waals surface area (Å²) in [5, 5.41) is 17.8. The van der Waals surface area contributed by atoms with E-state index >= 15 is 0 Å². The second kappa shape index (κ2) is 10.1. The Morgan fingerprint density at radius 3 is 2.47 bits per heavy atom. The third-order valence-corrected chi connectivity index (χ3v) is 6.01. The zero-order valence-electron chi connectivity index (χ0n) is 18.8. The number of ether oxygens (including phenoxy) is 2. The van der Waals surface area contributed by atoms with Crippen LogP contribution in [0.3, 0.4) is 0 Å². The third kappa shape index (κ3) is 4.82. The summed E-state index contributed by atoms with van der Waals surface area (Å²) in [5.74, 6) is -0.398. The van der Waals surface area contributed by atoms with E-state index in [1.807, 2.05) is 36.4 Å². The van der Waals surface area contributed by atoms with E-state index in [0.717, 1.165) is 16.7 Å². The van der Waals surface area contributed by atoms with Crippen LogP contribution in [0.2, 0.25) is 5.15 Å². The molecule has 4 rings (SSSR count). The van der Waals surface area contributed by atoms with Crippen molar-refractivity contribution >= 4 is 40.1 Å². The van der Waals surface area contributed by atoms with E-state index in [9.17, 15) is 14.7 Å². The van der Waals surface area contributed by atoms with Crippen molar-refractivity contribution in [2.75, 3.05) is 14.2 Å². The van der Waals surface area contributed by atoms with Crippen LogP contribution in [-0.4, -0.2) is 41.8 Å². The number of pyridine rings is 1. The molecular formula is C25H23ClN3O5-. The fourth-order valence-electron chi connectivity index (χ4n) is 4.01. The molecule has 1 atom stereocenters. The Hall–Kier alpha value is -3.65. The van der Waals surface area contributed by atoms with Gasteiger partial charge in [0, 0.05) is 35.8 Å². The van der Waals surface area contributed by atoms with Gasteiger partial charge in [0.25, 0.3) is 0 Å². The van der Waals surface area contributed by atoms with Crippen LogP contribution in [0.15, 0.2) is 53.6 Å². The van der Waals surface area contributed by atoms with Crippen LogP contribution >= 0.6 is 11.6 Å². The highest BCUT2D eigenvalue weighted by Gasteiger charge is 2.34. The summed E-state index contributed by atoms with van der Waals surface area (Å²) >= 11 is 6.60. The van der Waals surface area contributed by atoms with Gasteiger partial charge in [-0.25, -0.2) is 9.99 Å². The number of carbonyl (C=O) groups excluding carboxylic acids is 2. The molecule has 0 saturated heterocycles. The lowest BCUT2D eigenvalue weighted by Crippen LogP contribution is -2.28. The summed E-state index contributed by atoms with van der Waals surface area (Å²) in [5.41, 5.74) is 2.90. The summed E-state index contributed by atoms with van der Waals surface area (Å²) in [6, 6.07) is 14.5. The number of hydrazone groups is 1. The number of benzene rings is 2. The molecule has 0 N–H and O–H groups in total. The topological polar surface area (TPSA) is 104 Å². The number of hydrogen-bond donors (Lipinski definition) is 0. The predicted octanol–water partition coefficient (Wildman–Crippen LogP) is 3.50. The highest BCUT2D eigenvalue weighted by Crippen LogP contribution is 2.39. The molecule has 0 radical (unpaired) electrons. The molecule has 0 aliphatic carbocycles. The summed E-state index contributed by atoms with van der Waals surface area (Å²) < 4.78 is 10.8. The molecule has 8 nitrogen and oxygen atoms in total. The van der Waals surface area contributed by atoms with Gasteiger partial charge in [-0.2, -0.15) is 5.10 Å². The van der Waals surface area contributed by atoms with Crippen molar-refractivity contribution in [2.24, 2.45) is 5.10 Å². The normalized spacial score (nSPS) is 15.3. The number of carboxylic acid groups (broad SMARTS) is 1. The molecule has 2 aromatic carbocycles. The van der Waals surface area contributed by atoms with E-state index < -0.39 is 12.0 Å². The Bertz CT molecular complexity index is 1260. The number of nitrogens with zero attached hydrogens (tertiary/aromatic N) is 3. The minimum absolute atomic E-state index is 0.0275. The van der Waals surface area contributed by atoms with E-state index in [1.165, 1.54) is 5.01 Å². The lowest BCUT2D eigenvalue weighted by molar-refractivity contribution is -0.305. The number of fused-ring (bicyclic) bond motifs is 1. The number of halogens is 1. The first kappa shape index (κ1) is 23.5. The number of aromatic nitrogens is 1. The van der Waals surface area contributed by atoms with Gasteiger partial charge in [-0.05, 0) is 30.5 Å². The number of carboxylic acids is 1. The van der Waals surface area contributed by atoms with Crippen LogP contribution in [0.1, 0.15) is 42.9 Å². The van der Waals surface area contributed by atoms with Gasteiger partial charge in [0.1, 0.15) is 5.15 Å². The first-order valence-electron chi connectivity index (χ1n) is 10.8. The maximum absolute atomic E-state index is 13.1. The molecule has 0 saturated carbocycles. The Labute approximate surface area is 201 Å². The van der Waals surface area contributed by atoms with Crippen LogP contribution in [0.4, 0.5) is 0 Å². The molecule has 1 aliphatic rings. The number of amides is 1. The van der Waals surface area contributed by atoms with Crippen molar-refractivity contribution in [3.05, 3.63) is 64.8 Å². The predicted molar refractivity (Wildman–Crippen MR) is 126 cm³/mol. The van der Waals surface area contributed by atoms with E-state index in [1.54, 1.807) is 26.4 Å². The average molecular weight is 481 g/mol. The van der Waals surface area contributed by atoms with Crippen LogP contribution in [0.5, 0.6) is 11.5 Å². The molecule has 0 unspecified atom stereocenters. The smallest absolute Gasteiger partial charge is 0.243 e. The molecule has 2 heterocycles. The average Bonchev–Trinajstić information content (AvgIpc) is 3.28. The number of rotatable bonds is 8. The van der Waals surface area contributed by atoms with Crippen molar-refractivity contribution in [3.63, 3.8) is 0 Å². The lowest BCUT2D eigenvalue weighted by atomic mass is 9.98. The Morgan fingerprint density at radius 2 is 1.79 bits per heavy atom. The number of carbonyl (C=O) groups is 2. The van der Waals surface area contributed by atoms with Gasteiger partial charge in [-0.1, -0.05) is 41.9 Å². The molecule has 0 fully saturated rings. The standard InChI is InChI=1S/C25H24ClN3O5/c1-33-21-12-16-11-17(25(26)27-18(16)14-22(21)34-2)20-13-19(15-7-4-3-5-8-15)28-29(20)23(30)9-6-10-24(31)32/h3-5,7-8,11-12,14,20H,6,9-10,13H2,1-2H3,(H,31,32)/p-1/t20-/m0/s1. The van der Waals surface area contributed by atoms with Crippen molar-refractivity contribution < 1.29 is 24.2 Å². The van der Waals surface area contributed by atoms with E-state index in [2.05, 4.69) is 10.1 Å². The quantitative estimate of drug-likeness (QED) is 0.457. The summed E-state index contributed by atoms with van der Waals surface area (Å²) in [7, 11) is 3.10. The molecular weight excluding hydrogens is 458 g/mol. The SMILES string of the molecule is COc1cc2cc([C@@H]3CC(c4ccccc4)=NN3C(=O)CCCC(=O)[O-])c(Cl)nc2cc1OC. The van der Waals surface area contributed by atoms with Gasteiger partial charge in [0.2, 0.25) is 5.91 Å². The Kier molecular flexibility index (Phi) is 6.98. The molecule has 0 bridgehead atoms. The third-order valence-electron chi connectivity index (χ3n) is 5.70. The zero-order valence-corrected chi connectivity index (χ0v) is 19.5. The molecule has 1 amide bonds. The van der Waals surface area contributed by atoms with Gasteiger partial charge >= 0.3 is 0 Å². The van der Waals surface area contributed by atoms with E-state index in [-0.39, 0.29) is 30.3 Å². The maximum atomic E-state index is 13.1. The molecule has 1 aromatic heterocycles. The van der Waals surface area contributed by atoms with E-state index in [0.29, 0.717) is 29.0 Å². The Morgan fingerprint density at radius 1 is 1.09 bits per heavy atom. The lowest BCUT2D eigenvalue weighted by Gasteiger charge is -2.23. The molecule has 176 valence electrons. The largest absolute Gasteiger partial charge is 0.550 e. The van der Waals surface area contributed by atoms with Crippen LogP contribution in [-0.2, 0) is 9.59 Å². The monoisotopic (exact) mass is 480 g/mol. The van der Waals surface area contributed by atoms with Crippen LogP contribution in [0, 0.1) is 0 Å². The second-order valence-electron chi connectivity index (χ2n) is 7.86. The number of aliphatic carboxylic acids is 1. The number of methoxy groups -OCH3 is 2. The second-order valence-corrected chi connectivity index (χ2v) is 8.22. The summed E-state index contributed by atoms with van der Waals surface area (Å²) in [6.07, 6.45) is 0.441. The molecule has 0 spiro atoms. The maximum Gasteiger partial charge on any atom is 0.243 e. The fraction of sp³-hybridized carbons (Fsp3) is 0.280.